The molecule has 1 aromatic heterocycles. The Morgan fingerprint density at radius 1 is 0.472 bits per heavy atom. The first-order chi connectivity index (χ1) is 25.7. The Balaban J connectivity index is 1.06. The topological polar surface area (TPSA) is 22.2 Å². The van der Waals surface area contributed by atoms with Crippen molar-refractivity contribution in [3.8, 4) is 61.6 Å². The zero-order valence-corrected chi connectivity index (χ0v) is 30.3. The van der Waals surface area contributed by atoms with Crippen molar-refractivity contribution in [1.29, 1.82) is 0 Å². The number of aromatic nitrogens is 2. The molecule has 0 aliphatic heterocycles. The predicted molar refractivity (Wildman–Crippen MR) is 219 cm³/mol. The van der Waals surface area contributed by atoms with Crippen LogP contribution in [0.25, 0.3) is 77.5 Å². The van der Waals surface area contributed by atoms with E-state index in [1.165, 1.54) is 61.2 Å². The molecule has 0 fully saturated rings. The molecule has 0 atom stereocenters. The lowest BCUT2D eigenvalue weighted by Crippen LogP contribution is -2.17. The van der Waals surface area contributed by atoms with Gasteiger partial charge in [-0.3, -0.25) is 4.57 Å². The van der Waals surface area contributed by atoms with Gasteiger partial charge in [0.05, 0.1) is 17.6 Å². The minimum absolute atomic E-state index is 0.106. The highest BCUT2D eigenvalue weighted by atomic mass is 15.1. The van der Waals surface area contributed by atoms with E-state index in [9.17, 15) is 0 Å². The van der Waals surface area contributed by atoms with Crippen molar-refractivity contribution in [2.45, 2.75) is 38.5 Å². The third kappa shape index (κ3) is 4.62. The maximum atomic E-state index is 7.56. The van der Waals surface area contributed by atoms with Crippen LogP contribution in [0.3, 0.4) is 0 Å². The molecule has 3 heteroatoms. The van der Waals surface area contributed by atoms with Crippen molar-refractivity contribution >= 4 is 16.7 Å². The van der Waals surface area contributed by atoms with Crippen molar-refractivity contribution in [3.63, 3.8) is 0 Å². The normalized spacial score (nSPS) is 14.3. The highest BCUT2D eigenvalue weighted by Crippen LogP contribution is 2.56. The molecule has 0 bridgehead atoms. The molecule has 0 radical (unpaired) electrons. The van der Waals surface area contributed by atoms with Gasteiger partial charge in [-0.25, -0.2) is 9.83 Å². The van der Waals surface area contributed by atoms with E-state index < -0.39 is 0 Å². The largest absolute Gasteiger partial charge is 0.292 e. The fourth-order valence-corrected chi connectivity index (χ4v) is 8.96. The smallest absolute Gasteiger partial charge is 0.189 e. The van der Waals surface area contributed by atoms with Crippen LogP contribution in [0.5, 0.6) is 0 Å². The van der Waals surface area contributed by atoms with Crippen molar-refractivity contribution < 1.29 is 0 Å². The molecule has 0 saturated carbocycles. The zero-order valence-electron chi connectivity index (χ0n) is 30.3. The summed E-state index contributed by atoms with van der Waals surface area (Å²) >= 11 is 0. The van der Waals surface area contributed by atoms with E-state index in [4.69, 9.17) is 11.6 Å². The second kappa shape index (κ2) is 11.2. The van der Waals surface area contributed by atoms with Crippen LogP contribution in [0.1, 0.15) is 49.9 Å². The quantitative estimate of drug-likeness (QED) is 0.170. The van der Waals surface area contributed by atoms with Gasteiger partial charge in [0.1, 0.15) is 5.82 Å². The number of hydrogen-bond acceptors (Lipinski definition) is 1. The first-order valence-electron chi connectivity index (χ1n) is 18.3. The average molecular weight is 680 g/mol. The van der Waals surface area contributed by atoms with E-state index in [0.717, 1.165) is 33.7 Å². The van der Waals surface area contributed by atoms with Crippen molar-refractivity contribution in [2.24, 2.45) is 0 Å². The lowest BCUT2D eigenvalue weighted by molar-refractivity contribution is 0.652. The fraction of sp³-hybridized carbons (Fsp3) is 0.120. The van der Waals surface area contributed by atoms with Crippen LogP contribution in [0, 0.1) is 6.57 Å². The van der Waals surface area contributed by atoms with Gasteiger partial charge < -0.3 is 0 Å². The molecule has 3 nitrogen and oxygen atoms in total. The fourth-order valence-electron chi connectivity index (χ4n) is 8.96. The van der Waals surface area contributed by atoms with Gasteiger partial charge in [0, 0.05) is 22.1 Å². The monoisotopic (exact) mass is 679 g/mol. The van der Waals surface area contributed by atoms with Crippen molar-refractivity contribution in [1.82, 2.24) is 9.55 Å². The minimum atomic E-state index is -0.161. The van der Waals surface area contributed by atoms with Gasteiger partial charge in [-0.05, 0) is 121 Å². The molecule has 252 valence electrons. The van der Waals surface area contributed by atoms with E-state index >= 15 is 0 Å². The summed E-state index contributed by atoms with van der Waals surface area (Å²) in [7, 11) is 0. The van der Waals surface area contributed by atoms with E-state index in [-0.39, 0.29) is 10.8 Å². The van der Waals surface area contributed by atoms with Crippen molar-refractivity contribution in [3.05, 3.63) is 185 Å². The number of hydrogen-bond donors (Lipinski definition) is 0. The van der Waals surface area contributed by atoms with E-state index in [1.807, 2.05) is 24.3 Å². The second-order valence-corrected chi connectivity index (χ2v) is 15.6. The third-order valence-corrected chi connectivity index (χ3v) is 11.8. The summed E-state index contributed by atoms with van der Waals surface area (Å²) in [5.74, 6) is 0.859. The van der Waals surface area contributed by atoms with E-state index in [0.29, 0.717) is 5.69 Å². The van der Waals surface area contributed by atoms with Crippen LogP contribution in [0.4, 0.5) is 5.69 Å². The first-order valence-corrected chi connectivity index (χ1v) is 18.3. The van der Waals surface area contributed by atoms with Gasteiger partial charge in [-0.2, -0.15) is 0 Å². The number of rotatable bonds is 4. The molecule has 0 unspecified atom stereocenters. The highest BCUT2D eigenvalue weighted by molar-refractivity contribution is 5.92. The maximum Gasteiger partial charge on any atom is 0.189 e. The summed E-state index contributed by atoms with van der Waals surface area (Å²) in [6, 6.07) is 54.6. The number of imidazole rings is 1. The molecular weight excluding hydrogens is 643 g/mol. The molecule has 0 N–H and O–H groups in total. The van der Waals surface area contributed by atoms with Crippen LogP contribution >= 0.6 is 0 Å². The molecule has 1 heterocycles. The summed E-state index contributed by atoms with van der Waals surface area (Å²) in [5, 5.41) is 0. The van der Waals surface area contributed by atoms with Gasteiger partial charge in [0.15, 0.2) is 5.69 Å². The Hall–Kier alpha value is -6.50. The number of fused-ring (bicyclic) bond motifs is 7. The molecule has 2 aliphatic carbocycles. The van der Waals surface area contributed by atoms with Crippen LogP contribution in [-0.4, -0.2) is 9.55 Å². The van der Waals surface area contributed by atoms with Crippen LogP contribution in [-0.2, 0) is 10.8 Å². The molecule has 53 heavy (non-hydrogen) atoms. The van der Waals surface area contributed by atoms with E-state index in [2.05, 4.69) is 165 Å². The summed E-state index contributed by atoms with van der Waals surface area (Å²) in [4.78, 5) is 8.77. The molecule has 8 aromatic rings. The van der Waals surface area contributed by atoms with Crippen LogP contribution < -0.4 is 0 Å². The minimum Gasteiger partial charge on any atom is -0.292 e. The molecule has 7 aromatic carbocycles. The number of para-hydroxylation sites is 1. The van der Waals surface area contributed by atoms with Gasteiger partial charge in [-0.1, -0.05) is 125 Å². The van der Waals surface area contributed by atoms with Gasteiger partial charge in [0.2, 0.25) is 0 Å². The average Bonchev–Trinajstić information content (AvgIpc) is 3.77. The summed E-state index contributed by atoms with van der Waals surface area (Å²) < 4.78 is 2.20. The molecule has 2 aliphatic rings. The summed E-state index contributed by atoms with van der Waals surface area (Å²) in [6.45, 7) is 17.1. The van der Waals surface area contributed by atoms with Gasteiger partial charge >= 0.3 is 0 Å². The Morgan fingerprint density at radius 2 is 1.00 bits per heavy atom. The predicted octanol–water partition coefficient (Wildman–Crippen LogP) is 13.2. The Labute approximate surface area is 310 Å². The maximum absolute atomic E-state index is 7.56. The highest BCUT2D eigenvalue weighted by Gasteiger charge is 2.41. The Kier molecular flexibility index (Phi) is 6.63. The lowest BCUT2D eigenvalue weighted by Gasteiger charge is -2.24. The molecule has 10 rings (SSSR count). The van der Waals surface area contributed by atoms with E-state index in [1.54, 1.807) is 0 Å². The number of benzene rings is 7. The lowest BCUT2D eigenvalue weighted by atomic mass is 9.79. The molecule has 0 spiro atoms. The van der Waals surface area contributed by atoms with Crippen LogP contribution in [0.2, 0.25) is 0 Å². The van der Waals surface area contributed by atoms with Crippen molar-refractivity contribution in [2.75, 3.05) is 0 Å². The second-order valence-electron chi connectivity index (χ2n) is 15.6. The Morgan fingerprint density at radius 3 is 1.62 bits per heavy atom. The standard InChI is InChI=1S/C50H37N3/c1-49(2)42-26-33(31-13-8-6-9-14-31)19-22-38(42)40-29-45-41(30-44(40)49)39-23-20-34(27-43(39)50(45,3)4)32-15-12-16-35(25-32)48-52-46-28-36(51-5)21-24-47(46)53(48)37-17-10-7-11-18-37/h6-30H,1-4H3. The Bertz CT molecular complexity index is 2830. The molecular formula is C50H37N3. The third-order valence-electron chi connectivity index (χ3n) is 11.8. The number of nitrogens with zero attached hydrogens (tertiary/aromatic N) is 3. The van der Waals surface area contributed by atoms with Crippen LogP contribution in [0.15, 0.2) is 152 Å². The van der Waals surface area contributed by atoms with Gasteiger partial charge in [-0.15, -0.1) is 0 Å². The summed E-state index contributed by atoms with van der Waals surface area (Å²) in [5.41, 5.74) is 20.0. The van der Waals surface area contributed by atoms with Gasteiger partial charge in [0.25, 0.3) is 0 Å². The molecule has 0 saturated heterocycles. The zero-order chi connectivity index (χ0) is 36.1. The molecule has 0 amide bonds. The first kappa shape index (κ1) is 31.3. The SMILES string of the molecule is [C-]#[N+]c1ccc2c(c1)nc(-c1cccc(-c3ccc4c(c3)C(C)(C)c3cc5c(cc3-4)C(C)(C)c3cc(-c4ccccc4)ccc3-5)c1)n2-c1ccccc1. The summed E-state index contributed by atoms with van der Waals surface area (Å²) in [6.07, 6.45) is 0.